The lowest BCUT2D eigenvalue weighted by atomic mass is 9.75. The van der Waals surface area contributed by atoms with Gasteiger partial charge in [0, 0.05) is 6.54 Å². The fourth-order valence-electron chi connectivity index (χ4n) is 3.47. The normalized spacial score (nSPS) is 33.2. The van der Waals surface area contributed by atoms with E-state index < -0.39 is 16.0 Å². The summed E-state index contributed by atoms with van der Waals surface area (Å²) in [6.45, 7) is 6.81. The standard InChI is InChI=1S/C15H27NO4S/c1-11(2)13-6-5-12(3)9-14(13)20-15(17)10-16-7-4-8-21(16,18)19/h11-14H,4-10H2,1-3H3/t12-,13-,14+/m1/s1. The van der Waals surface area contributed by atoms with Gasteiger partial charge in [0.05, 0.1) is 5.75 Å². The van der Waals surface area contributed by atoms with E-state index in [0.717, 1.165) is 12.8 Å². The average molecular weight is 317 g/mol. The molecule has 2 fully saturated rings. The Labute approximate surface area is 128 Å². The van der Waals surface area contributed by atoms with Gasteiger partial charge in [0.2, 0.25) is 10.0 Å². The number of hydrogen-bond acceptors (Lipinski definition) is 4. The highest BCUT2D eigenvalue weighted by Crippen LogP contribution is 2.35. The van der Waals surface area contributed by atoms with Crippen LogP contribution in [-0.2, 0) is 19.6 Å². The zero-order valence-electron chi connectivity index (χ0n) is 13.2. The monoisotopic (exact) mass is 317 g/mol. The number of hydrogen-bond donors (Lipinski definition) is 0. The predicted octanol–water partition coefficient (Wildman–Crippen LogP) is 2.03. The Kier molecular flexibility index (Phi) is 5.30. The smallest absolute Gasteiger partial charge is 0.321 e. The van der Waals surface area contributed by atoms with Gasteiger partial charge in [0.1, 0.15) is 12.6 Å². The van der Waals surface area contributed by atoms with Gasteiger partial charge in [0.15, 0.2) is 0 Å². The van der Waals surface area contributed by atoms with E-state index in [1.165, 1.54) is 10.7 Å². The van der Waals surface area contributed by atoms with Gasteiger partial charge in [-0.3, -0.25) is 4.79 Å². The second kappa shape index (κ2) is 6.65. The van der Waals surface area contributed by atoms with Gasteiger partial charge in [-0.2, -0.15) is 4.31 Å². The highest BCUT2D eigenvalue weighted by Gasteiger charge is 2.35. The van der Waals surface area contributed by atoms with Crippen molar-refractivity contribution in [3.8, 4) is 0 Å². The van der Waals surface area contributed by atoms with Crippen LogP contribution >= 0.6 is 0 Å². The Morgan fingerprint density at radius 2 is 2.05 bits per heavy atom. The molecular weight excluding hydrogens is 290 g/mol. The van der Waals surface area contributed by atoms with E-state index in [2.05, 4.69) is 20.8 Å². The Bertz CT molecular complexity index is 474. The predicted molar refractivity (Wildman–Crippen MR) is 81.2 cm³/mol. The van der Waals surface area contributed by atoms with Crippen LogP contribution in [0, 0.1) is 17.8 Å². The maximum Gasteiger partial charge on any atom is 0.321 e. The van der Waals surface area contributed by atoms with Crippen molar-refractivity contribution < 1.29 is 17.9 Å². The van der Waals surface area contributed by atoms with E-state index >= 15 is 0 Å². The van der Waals surface area contributed by atoms with E-state index in [1.54, 1.807) is 0 Å². The molecule has 0 spiro atoms. The second-order valence-electron chi connectivity index (χ2n) is 6.86. The average Bonchev–Trinajstić information content (AvgIpc) is 2.68. The molecule has 3 atom stereocenters. The highest BCUT2D eigenvalue weighted by molar-refractivity contribution is 7.89. The first kappa shape index (κ1) is 16.7. The van der Waals surface area contributed by atoms with E-state index in [0.29, 0.717) is 30.7 Å². The maximum absolute atomic E-state index is 12.1. The molecule has 1 aliphatic carbocycles. The number of rotatable bonds is 4. The van der Waals surface area contributed by atoms with Crippen molar-refractivity contribution in [2.24, 2.45) is 17.8 Å². The second-order valence-corrected chi connectivity index (χ2v) is 8.95. The Morgan fingerprint density at radius 3 is 2.62 bits per heavy atom. The number of ether oxygens (including phenoxy) is 1. The lowest BCUT2D eigenvalue weighted by Gasteiger charge is -2.36. The first-order chi connectivity index (χ1) is 9.79. The third-order valence-corrected chi connectivity index (χ3v) is 6.66. The summed E-state index contributed by atoms with van der Waals surface area (Å²) in [5, 5.41) is 0. The van der Waals surface area contributed by atoms with E-state index in [4.69, 9.17) is 4.74 Å². The minimum Gasteiger partial charge on any atom is -0.461 e. The molecule has 1 saturated carbocycles. The molecule has 0 amide bonds. The van der Waals surface area contributed by atoms with Crippen molar-refractivity contribution in [2.75, 3.05) is 18.8 Å². The van der Waals surface area contributed by atoms with Crippen LogP contribution in [0.1, 0.15) is 46.5 Å². The third-order valence-electron chi connectivity index (χ3n) is 4.75. The summed E-state index contributed by atoms with van der Waals surface area (Å²) >= 11 is 0. The quantitative estimate of drug-likeness (QED) is 0.744. The summed E-state index contributed by atoms with van der Waals surface area (Å²) in [5.74, 6) is 1.18. The molecule has 21 heavy (non-hydrogen) atoms. The van der Waals surface area contributed by atoms with Crippen LogP contribution in [0.3, 0.4) is 0 Å². The summed E-state index contributed by atoms with van der Waals surface area (Å²) in [6.07, 6.45) is 3.69. The lowest BCUT2D eigenvalue weighted by Crippen LogP contribution is -2.39. The summed E-state index contributed by atoms with van der Waals surface area (Å²) in [6, 6.07) is 0. The molecule has 0 unspecified atom stereocenters. The fourth-order valence-corrected chi connectivity index (χ4v) is 4.93. The molecule has 2 rings (SSSR count). The van der Waals surface area contributed by atoms with Crippen LogP contribution in [0.5, 0.6) is 0 Å². The molecule has 2 aliphatic rings. The zero-order chi connectivity index (χ0) is 15.6. The molecule has 0 bridgehead atoms. The first-order valence-corrected chi connectivity index (χ1v) is 9.58. The molecular formula is C15H27NO4S. The van der Waals surface area contributed by atoms with E-state index in [-0.39, 0.29) is 18.4 Å². The van der Waals surface area contributed by atoms with Crippen molar-refractivity contribution in [2.45, 2.75) is 52.6 Å². The topological polar surface area (TPSA) is 63.7 Å². The molecule has 0 aromatic heterocycles. The van der Waals surface area contributed by atoms with Crippen LogP contribution in [0.4, 0.5) is 0 Å². The fraction of sp³-hybridized carbons (Fsp3) is 0.933. The lowest BCUT2D eigenvalue weighted by molar-refractivity contribution is -0.156. The molecule has 0 aromatic carbocycles. The highest BCUT2D eigenvalue weighted by atomic mass is 32.2. The number of sulfonamides is 1. The third kappa shape index (κ3) is 4.19. The van der Waals surface area contributed by atoms with Crippen LogP contribution in [0.2, 0.25) is 0 Å². The van der Waals surface area contributed by atoms with Gasteiger partial charge in [-0.25, -0.2) is 8.42 Å². The zero-order valence-corrected chi connectivity index (χ0v) is 14.1. The summed E-state index contributed by atoms with van der Waals surface area (Å²) in [4.78, 5) is 12.1. The van der Waals surface area contributed by atoms with Gasteiger partial charge < -0.3 is 4.74 Å². The maximum atomic E-state index is 12.1. The van der Waals surface area contributed by atoms with Crippen LogP contribution in [0.25, 0.3) is 0 Å². The number of esters is 1. The van der Waals surface area contributed by atoms with Crippen molar-refractivity contribution in [3.63, 3.8) is 0 Å². The van der Waals surface area contributed by atoms with Crippen molar-refractivity contribution >= 4 is 16.0 Å². The van der Waals surface area contributed by atoms with E-state index in [1.807, 2.05) is 0 Å². The van der Waals surface area contributed by atoms with Crippen molar-refractivity contribution in [1.82, 2.24) is 4.31 Å². The molecule has 1 aliphatic heterocycles. The summed E-state index contributed by atoms with van der Waals surface area (Å²) in [7, 11) is -3.23. The molecule has 1 saturated heterocycles. The largest absolute Gasteiger partial charge is 0.461 e. The minimum atomic E-state index is -3.23. The summed E-state index contributed by atoms with van der Waals surface area (Å²) in [5.41, 5.74) is 0. The van der Waals surface area contributed by atoms with Gasteiger partial charge in [-0.15, -0.1) is 0 Å². The van der Waals surface area contributed by atoms with Crippen LogP contribution in [0.15, 0.2) is 0 Å². The summed E-state index contributed by atoms with van der Waals surface area (Å²) < 4.78 is 30.4. The van der Waals surface area contributed by atoms with Crippen LogP contribution in [-0.4, -0.2) is 43.6 Å². The van der Waals surface area contributed by atoms with Crippen LogP contribution < -0.4 is 0 Å². The van der Waals surface area contributed by atoms with Crippen molar-refractivity contribution in [1.29, 1.82) is 0 Å². The SMILES string of the molecule is CC(C)[C@H]1CC[C@@H](C)C[C@@H]1OC(=O)CN1CCCS1(=O)=O. The molecule has 0 radical (unpaired) electrons. The van der Waals surface area contributed by atoms with E-state index in [9.17, 15) is 13.2 Å². The van der Waals surface area contributed by atoms with Crippen molar-refractivity contribution in [3.05, 3.63) is 0 Å². The minimum absolute atomic E-state index is 0.0634. The molecule has 6 heteroatoms. The van der Waals surface area contributed by atoms with Gasteiger partial charge in [-0.05, 0) is 37.0 Å². The number of nitrogens with zero attached hydrogens (tertiary/aromatic N) is 1. The molecule has 122 valence electrons. The Morgan fingerprint density at radius 1 is 1.33 bits per heavy atom. The molecule has 0 N–H and O–H groups in total. The van der Waals surface area contributed by atoms with Gasteiger partial charge >= 0.3 is 5.97 Å². The van der Waals surface area contributed by atoms with Gasteiger partial charge in [0.25, 0.3) is 0 Å². The molecule has 0 aromatic rings. The Hall–Kier alpha value is -0.620. The first-order valence-electron chi connectivity index (χ1n) is 7.97. The number of carbonyl (C=O) groups is 1. The molecule has 1 heterocycles. The van der Waals surface area contributed by atoms with Gasteiger partial charge in [-0.1, -0.05) is 27.2 Å². The Balaban J connectivity index is 1.94. The number of carbonyl (C=O) groups excluding carboxylic acids is 1. The molecule has 5 nitrogen and oxygen atoms in total.